The third-order valence-electron chi connectivity index (χ3n) is 3.29. The largest absolute Gasteiger partial charge is 0.416 e. The molecule has 0 aliphatic rings. The van der Waals surface area contributed by atoms with Gasteiger partial charge in [-0.05, 0) is 41.8 Å². The van der Waals surface area contributed by atoms with Crippen LogP contribution in [0.3, 0.4) is 0 Å². The molecule has 0 aliphatic carbocycles. The van der Waals surface area contributed by atoms with E-state index in [2.05, 4.69) is 20.9 Å². The van der Waals surface area contributed by atoms with Crippen molar-refractivity contribution in [2.45, 2.75) is 23.8 Å². The maximum Gasteiger partial charge on any atom is 0.416 e. The summed E-state index contributed by atoms with van der Waals surface area (Å²) in [7, 11) is 0. The molecule has 0 N–H and O–H groups in total. The summed E-state index contributed by atoms with van der Waals surface area (Å²) < 4.78 is 52.1. The molecular formula is C15H12BrF4N. The van der Waals surface area contributed by atoms with Crippen LogP contribution in [0.5, 0.6) is 0 Å². The van der Waals surface area contributed by atoms with Crippen LogP contribution in [0.2, 0.25) is 0 Å². The Kier molecular flexibility index (Phi) is 4.66. The number of halogens is 5. The molecule has 6 heteroatoms. The van der Waals surface area contributed by atoms with E-state index in [1.165, 1.54) is 0 Å². The molecule has 0 amide bonds. The van der Waals surface area contributed by atoms with Gasteiger partial charge in [-0.25, -0.2) is 4.39 Å². The minimum atomic E-state index is -4.49. The Labute approximate surface area is 128 Å². The van der Waals surface area contributed by atoms with Crippen LogP contribution in [0, 0.1) is 5.82 Å². The highest BCUT2D eigenvalue weighted by atomic mass is 79.9. The molecule has 1 nitrogen and oxygen atoms in total. The van der Waals surface area contributed by atoms with Gasteiger partial charge in [0.25, 0.3) is 0 Å². The molecule has 2 unspecified atom stereocenters. The first-order chi connectivity index (χ1) is 9.80. The molecule has 112 valence electrons. The first-order valence-electron chi connectivity index (χ1n) is 6.21. The first kappa shape index (κ1) is 15.9. The molecule has 0 spiro atoms. The van der Waals surface area contributed by atoms with Crippen LogP contribution < -0.4 is 0 Å². The molecule has 1 heterocycles. The number of benzene rings is 1. The lowest BCUT2D eigenvalue weighted by Gasteiger charge is -2.20. The summed E-state index contributed by atoms with van der Waals surface area (Å²) in [5, 5.41) is 0. The second kappa shape index (κ2) is 6.13. The number of aromatic nitrogens is 1. The summed E-state index contributed by atoms with van der Waals surface area (Å²) in [6.07, 6.45) is -1.31. The SMILES string of the molecule is CC(c1ccncc1)C(Br)c1cc(C(F)(F)F)ccc1F. The fourth-order valence-corrected chi connectivity index (χ4v) is 2.69. The van der Waals surface area contributed by atoms with Gasteiger partial charge in [-0.2, -0.15) is 13.2 Å². The van der Waals surface area contributed by atoms with Crippen LogP contribution in [0.4, 0.5) is 17.6 Å². The van der Waals surface area contributed by atoms with Gasteiger partial charge in [0.15, 0.2) is 0 Å². The molecule has 0 saturated carbocycles. The van der Waals surface area contributed by atoms with Gasteiger partial charge in [0, 0.05) is 22.8 Å². The average Bonchev–Trinajstić information content (AvgIpc) is 2.46. The van der Waals surface area contributed by atoms with E-state index in [0.29, 0.717) is 0 Å². The standard InChI is InChI=1S/C15H12BrF4N/c1-9(10-4-6-21-7-5-10)14(16)12-8-11(15(18,19)20)2-3-13(12)17/h2-9,14H,1H3. The summed E-state index contributed by atoms with van der Waals surface area (Å²) in [6.45, 7) is 1.81. The molecule has 0 fully saturated rings. The normalized spacial score (nSPS) is 14.8. The highest BCUT2D eigenvalue weighted by molar-refractivity contribution is 9.09. The van der Waals surface area contributed by atoms with Gasteiger partial charge in [-0.3, -0.25) is 4.98 Å². The monoisotopic (exact) mass is 361 g/mol. The van der Waals surface area contributed by atoms with Crippen LogP contribution in [0.25, 0.3) is 0 Å². The number of hydrogen-bond acceptors (Lipinski definition) is 1. The zero-order valence-electron chi connectivity index (χ0n) is 11.0. The van der Waals surface area contributed by atoms with Crippen LogP contribution in [0.15, 0.2) is 42.7 Å². The van der Waals surface area contributed by atoms with Gasteiger partial charge in [0.2, 0.25) is 0 Å². The van der Waals surface area contributed by atoms with Crippen molar-refractivity contribution < 1.29 is 17.6 Å². The fraction of sp³-hybridized carbons (Fsp3) is 0.267. The van der Waals surface area contributed by atoms with Gasteiger partial charge < -0.3 is 0 Å². The van der Waals surface area contributed by atoms with Crippen LogP contribution in [-0.4, -0.2) is 4.98 Å². The molecule has 2 atom stereocenters. The van der Waals surface area contributed by atoms with Crippen molar-refractivity contribution in [3.63, 3.8) is 0 Å². The van der Waals surface area contributed by atoms with Crippen molar-refractivity contribution in [2.24, 2.45) is 0 Å². The predicted octanol–water partition coefficient (Wildman–Crippen LogP) is 5.48. The molecule has 1 aromatic heterocycles. The van der Waals surface area contributed by atoms with Crippen LogP contribution >= 0.6 is 15.9 Å². The van der Waals surface area contributed by atoms with E-state index in [4.69, 9.17) is 0 Å². The highest BCUT2D eigenvalue weighted by Crippen LogP contribution is 2.40. The van der Waals surface area contributed by atoms with Crippen molar-refractivity contribution >= 4 is 15.9 Å². The lowest BCUT2D eigenvalue weighted by atomic mass is 9.93. The highest BCUT2D eigenvalue weighted by Gasteiger charge is 2.32. The second-order valence-corrected chi connectivity index (χ2v) is 5.69. The van der Waals surface area contributed by atoms with Crippen molar-refractivity contribution in [2.75, 3.05) is 0 Å². The number of nitrogens with zero attached hydrogens (tertiary/aromatic N) is 1. The lowest BCUT2D eigenvalue weighted by molar-refractivity contribution is -0.137. The van der Waals surface area contributed by atoms with Crippen molar-refractivity contribution in [1.29, 1.82) is 0 Å². The quantitative estimate of drug-likeness (QED) is 0.521. The smallest absolute Gasteiger partial charge is 0.265 e. The summed E-state index contributed by atoms with van der Waals surface area (Å²) in [6, 6.07) is 5.96. The van der Waals surface area contributed by atoms with Crippen molar-refractivity contribution in [1.82, 2.24) is 4.98 Å². The number of hydrogen-bond donors (Lipinski definition) is 0. The molecule has 0 radical (unpaired) electrons. The van der Waals surface area contributed by atoms with E-state index in [9.17, 15) is 17.6 Å². The van der Waals surface area contributed by atoms with Crippen LogP contribution in [-0.2, 0) is 6.18 Å². The summed E-state index contributed by atoms with van der Waals surface area (Å²) in [5.41, 5.74) is 0.00287. The number of alkyl halides is 4. The fourth-order valence-electron chi connectivity index (χ4n) is 2.04. The van der Waals surface area contributed by atoms with Gasteiger partial charge >= 0.3 is 6.18 Å². The molecule has 0 saturated heterocycles. The summed E-state index contributed by atoms with van der Waals surface area (Å²) in [5.74, 6) is -0.864. The Hall–Kier alpha value is -1.43. The number of pyridine rings is 1. The zero-order chi connectivity index (χ0) is 15.6. The second-order valence-electron chi connectivity index (χ2n) is 4.71. The Balaban J connectivity index is 2.37. The van der Waals surface area contributed by atoms with Gasteiger partial charge in [-0.1, -0.05) is 22.9 Å². The minimum Gasteiger partial charge on any atom is -0.265 e. The topological polar surface area (TPSA) is 12.9 Å². The molecule has 1 aromatic carbocycles. The molecule has 0 bridgehead atoms. The van der Waals surface area contributed by atoms with Crippen molar-refractivity contribution in [3.8, 4) is 0 Å². The Morgan fingerprint density at radius 1 is 1.10 bits per heavy atom. The van der Waals surface area contributed by atoms with E-state index in [-0.39, 0.29) is 11.5 Å². The predicted molar refractivity (Wildman–Crippen MR) is 75.7 cm³/mol. The average molecular weight is 362 g/mol. The van der Waals surface area contributed by atoms with E-state index < -0.39 is 22.4 Å². The number of rotatable bonds is 3. The van der Waals surface area contributed by atoms with E-state index in [1.54, 1.807) is 24.5 Å². The van der Waals surface area contributed by atoms with Gasteiger partial charge in [0.05, 0.1) is 5.56 Å². The minimum absolute atomic E-state index is 0.00543. The maximum absolute atomic E-state index is 13.9. The Morgan fingerprint density at radius 3 is 2.29 bits per heavy atom. The third kappa shape index (κ3) is 3.61. The molecule has 21 heavy (non-hydrogen) atoms. The van der Waals surface area contributed by atoms with Gasteiger partial charge in [0.1, 0.15) is 5.82 Å². The summed E-state index contributed by atoms with van der Waals surface area (Å²) in [4.78, 5) is 3.32. The van der Waals surface area contributed by atoms with Crippen LogP contribution in [0.1, 0.15) is 34.4 Å². The molecule has 2 aromatic rings. The third-order valence-corrected chi connectivity index (χ3v) is 4.58. The molecule has 0 aliphatic heterocycles. The van der Waals surface area contributed by atoms with Gasteiger partial charge in [-0.15, -0.1) is 0 Å². The molecular weight excluding hydrogens is 350 g/mol. The van der Waals surface area contributed by atoms with E-state index in [0.717, 1.165) is 23.8 Å². The van der Waals surface area contributed by atoms with Crippen molar-refractivity contribution in [3.05, 3.63) is 65.2 Å². The Bertz CT molecular complexity index is 613. The zero-order valence-corrected chi connectivity index (χ0v) is 12.6. The Morgan fingerprint density at radius 2 is 1.71 bits per heavy atom. The van der Waals surface area contributed by atoms with E-state index in [1.807, 2.05) is 6.92 Å². The first-order valence-corrected chi connectivity index (χ1v) is 7.13. The van der Waals surface area contributed by atoms with E-state index >= 15 is 0 Å². The lowest BCUT2D eigenvalue weighted by Crippen LogP contribution is -2.09. The molecule has 2 rings (SSSR count). The maximum atomic E-state index is 13.9. The summed E-state index contributed by atoms with van der Waals surface area (Å²) >= 11 is 3.31.